The van der Waals surface area contributed by atoms with Crippen molar-refractivity contribution in [3.05, 3.63) is 52.2 Å². The molecule has 0 fully saturated rings. The molecule has 0 atom stereocenters. The summed E-state index contributed by atoms with van der Waals surface area (Å²) in [6, 6.07) is 6.66. The number of amides is 1. The number of hydrogen-bond acceptors (Lipinski definition) is 3. The minimum atomic E-state index is -0.648. The first kappa shape index (κ1) is 13.7. The van der Waals surface area contributed by atoms with E-state index in [1.807, 2.05) is 17.5 Å². The number of carbonyl (C=O) groups excluding carboxylic acids is 1. The maximum atomic E-state index is 12.9. The molecule has 5 heteroatoms. The predicted molar refractivity (Wildman–Crippen MR) is 73.9 cm³/mol. The quantitative estimate of drug-likeness (QED) is 0.874. The lowest BCUT2D eigenvalue weighted by Crippen LogP contribution is -2.36. The minimum Gasteiger partial charge on any atom is -0.351 e. The fourth-order valence-corrected chi connectivity index (χ4v) is 2.55. The van der Waals surface area contributed by atoms with E-state index in [-0.39, 0.29) is 16.9 Å². The van der Waals surface area contributed by atoms with Crippen LogP contribution < -0.4 is 5.32 Å². The van der Waals surface area contributed by atoms with Crippen molar-refractivity contribution in [3.8, 4) is 0 Å². The normalized spacial score (nSPS) is 11.3. The molecule has 19 heavy (non-hydrogen) atoms. The van der Waals surface area contributed by atoms with Crippen LogP contribution in [0.2, 0.25) is 0 Å². The molecule has 0 spiro atoms. The molecule has 2 heterocycles. The summed E-state index contributed by atoms with van der Waals surface area (Å²) in [5, 5.41) is 4.84. The summed E-state index contributed by atoms with van der Waals surface area (Å²) in [5.74, 6) is -0.934. The van der Waals surface area contributed by atoms with Crippen LogP contribution in [0.15, 0.2) is 35.8 Å². The first-order valence-corrected chi connectivity index (χ1v) is 6.81. The molecule has 0 saturated carbocycles. The summed E-state index contributed by atoms with van der Waals surface area (Å²) in [4.78, 5) is 16.5. The zero-order valence-corrected chi connectivity index (χ0v) is 11.6. The Balaban J connectivity index is 2.01. The van der Waals surface area contributed by atoms with Gasteiger partial charge in [0.05, 0.1) is 0 Å². The average Bonchev–Trinajstić information content (AvgIpc) is 2.90. The minimum absolute atomic E-state index is 0.143. The van der Waals surface area contributed by atoms with E-state index in [9.17, 15) is 9.18 Å². The van der Waals surface area contributed by atoms with Crippen LogP contribution in [0.25, 0.3) is 0 Å². The first-order valence-electron chi connectivity index (χ1n) is 5.93. The molecule has 0 aliphatic carbocycles. The Morgan fingerprint density at radius 1 is 1.47 bits per heavy atom. The molecule has 3 nitrogen and oxygen atoms in total. The first-order chi connectivity index (χ1) is 8.99. The molecular weight excluding hydrogens is 263 g/mol. The highest BCUT2D eigenvalue weighted by atomic mass is 32.1. The van der Waals surface area contributed by atoms with Crippen molar-refractivity contribution in [1.29, 1.82) is 0 Å². The summed E-state index contributed by atoms with van der Waals surface area (Å²) in [7, 11) is 0. The third-order valence-electron chi connectivity index (χ3n) is 2.87. The van der Waals surface area contributed by atoms with Gasteiger partial charge in [-0.1, -0.05) is 19.9 Å². The van der Waals surface area contributed by atoms with Gasteiger partial charge >= 0.3 is 0 Å². The number of nitrogens with zero attached hydrogens (tertiary/aromatic N) is 1. The molecule has 0 radical (unpaired) electrons. The number of halogens is 1. The summed E-state index contributed by atoms with van der Waals surface area (Å²) in [6.07, 6.45) is 1.29. The molecule has 0 aliphatic rings. The highest BCUT2D eigenvalue weighted by Gasteiger charge is 2.22. The van der Waals surface area contributed by atoms with E-state index in [4.69, 9.17) is 0 Å². The van der Waals surface area contributed by atoms with E-state index in [1.54, 1.807) is 11.3 Å². The van der Waals surface area contributed by atoms with Crippen molar-refractivity contribution < 1.29 is 9.18 Å². The van der Waals surface area contributed by atoms with Gasteiger partial charge in [-0.3, -0.25) is 4.79 Å². The van der Waals surface area contributed by atoms with Gasteiger partial charge in [0.2, 0.25) is 5.95 Å². The van der Waals surface area contributed by atoms with Crippen molar-refractivity contribution in [2.45, 2.75) is 19.3 Å². The van der Waals surface area contributed by atoms with Gasteiger partial charge in [0.1, 0.15) is 0 Å². The molecule has 2 aromatic heterocycles. The van der Waals surface area contributed by atoms with E-state index in [0.29, 0.717) is 6.54 Å². The van der Waals surface area contributed by atoms with Gasteiger partial charge < -0.3 is 5.32 Å². The van der Waals surface area contributed by atoms with Gasteiger partial charge in [0, 0.05) is 34.7 Å². The van der Waals surface area contributed by atoms with E-state index in [0.717, 1.165) is 6.07 Å². The van der Waals surface area contributed by atoms with Crippen LogP contribution in [0.1, 0.15) is 29.1 Å². The Bertz CT molecular complexity index is 567. The van der Waals surface area contributed by atoms with Gasteiger partial charge in [0.15, 0.2) is 0 Å². The number of hydrogen-bond donors (Lipinski definition) is 1. The number of rotatable bonds is 4. The second-order valence-corrected chi connectivity index (χ2v) is 5.86. The topological polar surface area (TPSA) is 42.0 Å². The molecule has 1 amide bonds. The SMILES string of the molecule is CC(C)(CNC(=O)c1ccnc(F)c1)c1cccs1. The number of pyridine rings is 1. The number of aromatic nitrogens is 1. The molecule has 0 aliphatic heterocycles. The zero-order chi connectivity index (χ0) is 13.9. The Morgan fingerprint density at radius 2 is 2.26 bits per heavy atom. The Labute approximate surface area is 115 Å². The van der Waals surface area contributed by atoms with Gasteiger partial charge in [0.25, 0.3) is 5.91 Å². The lowest BCUT2D eigenvalue weighted by molar-refractivity contribution is 0.0945. The summed E-state index contributed by atoms with van der Waals surface area (Å²) in [6.45, 7) is 4.62. The lowest BCUT2D eigenvalue weighted by atomic mass is 9.91. The van der Waals surface area contributed by atoms with Gasteiger partial charge in [-0.2, -0.15) is 4.39 Å². The Morgan fingerprint density at radius 3 is 2.89 bits per heavy atom. The molecular formula is C14H15FN2OS. The fraction of sp³-hybridized carbons (Fsp3) is 0.286. The van der Waals surface area contributed by atoms with Crippen molar-refractivity contribution in [1.82, 2.24) is 10.3 Å². The zero-order valence-electron chi connectivity index (χ0n) is 10.8. The van der Waals surface area contributed by atoms with E-state index in [1.165, 1.54) is 17.1 Å². The summed E-state index contributed by atoms with van der Waals surface area (Å²) < 4.78 is 12.9. The average molecular weight is 278 g/mol. The van der Waals surface area contributed by atoms with Crippen molar-refractivity contribution in [2.75, 3.05) is 6.54 Å². The number of carbonyl (C=O) groups is 1. The number of nitrogens with one attached hydrogen (secondary N) is 1. The monoisotopic (exact) mass is 278 g/mol. The largest absolute Gasteiger partial charge is 0.351 e. The van der Waals surface area contributed by atoms with Gasteiger partial charge in [-0.15, -0.1) is 11.3 Å². The molecule has 2 aromatic rings. The fourth-order valence-electron chi connectivity index (χ4n) is 1.70. The van der Waals surface area contributed by atoms with Crippen LogP contribution in [-0.2, 0) is 5.41 Å². The summed E-state index contributed by atoms with van der Waals surface area (Å²) in [5.41, 5.74) is 0.143. The molecule has 100 valence electrons. The second-order valence-electron chi connectivity index (χ2n) is 4.91. The van der Waals surface area contributed by atoms with Gasteiger partial charge in [-0.05, 0) is 17.5 Å². The highest BCUT2D eigenvalue weighted by Crippen LogP contribution is 2.26. The van der Waals surface area contributed by atoms with Crippen LogP contribution in [0, 0.1) is 5.95 Å². The van der Waals surface area contributed by atoms with Crippen molar-refractivity contribution in [2.24, 2.45) is 0 Å². The predicted octanol–water partition coefficient (Wildman–Crippen LogP) is 2.99. The molecule has 0 bridgehead atoms. The van der Waals surface area contributed by atoms with Crippen LogP contribution in [0.3, 0.4) is 0 Å². The Kier molecular flexibility index (Phi) is 3.95. The second kappa shape index (κ2) is 5.48. The third kappa shape index (κ3) is 3.38. The molecule has 0 aromatic carbocycles. The summed E-state index contributed by atoms with van der Waals surface area (Å²) >= 11 is 1.66. The smallest absolute Gasteiger partial charge is 0.251 e. The van der Waals surface area contributed by atoms with Crippen LogP contribution in [-0.4, -0.2) is 17.4 Å². The van der Waals surface area contributed by atoms with Crippen LogP contribution >= 0.6 is 11.3 Å². The highest BCUT2D eigenvalue weighted by molar-refractivity contribution is 7.10. The Hall–Kier alpha value is -1.75. The molecule has 0 unspecified atom stereocenters. The van der Waals surface area contributed by atoms with Crippen molar-refractivity contribution in [3.63, 3.8) is 0 Å². The van der Waals surface area contributed by atoms with Crippen LogP contribution in [0.4, 0.5) is 4.39 Å². The maximum absolute atomic E-state index is 12.9. The number of thiophene rings is 1. The maximum Gasteiger partial charge on any atom is 0.251 e. The lowest BCUT2D eigenvalue weighted by Gasteiger charge is -2.23. The van der Waals surface area contributed by atoms with Gasteiger partial charge in [-0.25, -0.2) is 4.98 Å². The van der Waals surface area contributed by atoms with E-state index in [2.05, 4.69) is 24.1 Å². The van der Waals surface area contributed by atoms with E-state index < -0.39 is 5.95 Å². The molecule has 0 saturated heterocycles. The molecule has 2 rings (SSSR count). The standard InChI is InChI=1S/C14H15FN2OS/c1-14(2,11-4-3-7-19-11)9-17-13(18)10-5-6-16-12(15)8-10/h3-8H,9H2,1-2H3,(H,17,18). The van der Waals surface area contributed by atoms with Crippen molar-refractivity contribution >= 4 is 17.2 Å². The molecule has 1 N–H and O–H groups in total. The third-order valence-corrected chi connectivity index (χ3v) is 4.10. The van der Waals surface area contributed by atoms with E-state index >= 15 is 0 Å². The van der Waals surface area contributed by atoms with Crippen LogP contribution in [0.5, 0.6) is 0 Å².